The van der Waals surface area contributed by atoms with Gasteiger partial charge in [0.25, 0.3) is 0 Å². The molecule has 0 heterocycles. The van der Waals surface area contributed by atoms with Gasteiger partial charge >= 0.3 is 0 Å². The molecule has 3 nitrogen and oxygen atoms in total. The van der Waals surface area contributed by atoms with E-state index < -0.39 is 0 Å². The van der Waals surface area contributed by atoms with E-state index in [1.165, 1.54) is 25.7 Å². The van der Waals surface area contributed by atoms with Gasteiger partial charge in [0.05, 0.1) is 0 Å². The highest BCUT2D eigenvalue weighted by Gasteiger charge is 2.43. The molecule has 3 unspecified atom stereocenters. The fourth-order valence-electron chi connectivity index (χ4n) is 3.53. The van der Waals surface area contributed by atoms with E-state index in [4.69, 9.17) is 5.73 Å². The van der Waals surface area contributed by atoms with Crippen LogP contribution in [0, 0.1) is 11.8 Å². The normalized spacial score (nSPS) is 32.3. The Morgan fingerprint density at radius 1 is 1.16 bits per heavy atom. The highest BCUT2D eigenvalue weighted by atomic mass is 35.5. The van der Waals surface area contributed by atoms with Gasteiger partial charge in [0.1, 0.15) is 0 Å². The number of hydrogen-bond acceptors (Lipinski definition) is 2. The average molecular weight is 287 g/mol. The lowest BCUT2D eigenvalue weighted by Crippen LogP contribution is -2.46. The zero-order valence-corrected chi connectivity index (χ0v) is 12.7. The second-order valence-corrected chi connectivity index (χ2v) is 6.68. The Bertz CT molecular complexity index is 328. The molecule has 3 atom stereocenters. The number of carbonyl (C=O) groups is 1. The summed E-state index contributed by atoms with van der Waals surface area (Å²) < 4.78 is 0. The van der Waals surface area contributed by atoms with Crippen LogP contribution in [-0.2, 0) is 4.79 Å². The molecule has 2 N–H and O–H groups in total. The highest BCUT2D eigenvalue weighted by molar-refractivity contribution is 5.85. The predicted molar refractivity (Wildman–Crippen MR) is 79.2 cm³/mol. The molecule has 0 aromatic carbocycles. The summed E-state index contributed by atoms with van der Waals surface area (Å²) >= 11 is 0. The van der Waals surface area contributed by atoms with Crippen molar-refractivity contribution in [3.63, 3.8) is 0 Å². The summed E-state index contributed by atoms with van der Waals surface area (Å²) in [5.74, 6) is 1.43. The van der Waals surface area contributed by atoms with Crippen LogP contribution in [0.2, 0.25) is 0 Å². The van der Waals surface area contributed by atoms with Gasteiger partial charge in [-0.15, -0.1) is 12.4 Å². The molecule has 0 bridgehead atoms. The van der Waals surface area contributed by atoms with Gasteiger partial charge < -0.3 is 10.6 Å². The summed E-state index contributed by atoms with van der Waals surface area (Å²) in [6.07, 6.45) is 9.30. The molecule has 3 fully saturated rings. The third kappa shape index (κ3) is 3.43. The minimum atomic E-state index is 0. The quantitative estimate of drug-likeness (QED) is 0.864. The third-order valence-electron chi connectivity index (χ3n) is 5.00. The number of hydrogen-bond donors (Lipinski definition) is 1. The fraction of sp³-hybridized carbons (Fsp3) is 0.933. The Balaban J connectivity index is 0.00000133. The van der Waals surface area contributed by atoms with Gasteiger partial charge in [0.15, 0.2) is 0 Å². The number of carbonyl (C=O) groups excluding carboxylic acids is 1. The number of halogens is 1. The van der Waals surface area contributed by atoms with Crippen molar-refractivity contribution >= 4 is 18.3 Å². The van der Waals surface area contributed by atoms with E-state index >= 15 is 0 Å². The monoisotopic (exact) mass is 286 g/mol. The van der Waals surface area contributed by atoms with E-state index in [0.29, 0.717) is 18.0 Å². The Labute approximate surface area is 122 Å². The van der Waals surface area contributed by atoms with Crippen molar-refractivity contribution in [2.75, 3.05) is 0 Å². The van der Waals surface area contributed by atoms with Crippen molar-refractivity contribution < 1.29 is 4.79 Å². The molecule has 110 valence electrons. The smallest absolute Gasteiger partial charge is 0.226 e. The summed E-state index contributed by atoms with van der Waals surface area (Å²) in [5.41, 5.74) is 6.03. The molecular formula is C15H27ClN2O. The largest absolute Gasteiger partial charge is 0.336 e. The zero-order chi connectivity index (χ0) is 12.7. The van der Waals surface area contributed by atoms with Crippen LogP contribution >= 0.6 is 12.4 Å². The molecule has 1 amide bonds. The lowest BCUT2D eigenvalue weighted by atomic mass is 9.85. The minimum Gasteiger partial charge on any atom is -0.336 e. The molecule has 3 saturated carbocycles. The predicted octanol–water partition coefficient (Wildman–Crippen LogP) is 2.72. The molecule has 0 aromatic heterocycles. The van der Waals surface area contributed by atoms with E-state index in [9.17, 15) is 4.79 Å². The summed E-state index contributed by atoms with van der Waals surface area (Å²) in [7, 11) is 0. The summed E-state index contributed by atoms with van der Waals surface area (Å²) in [6.45, 7) is 2.26. The van der Waals surface area contributed by atoms with Crippen LogP contribution in [0.1, 0.15) is 58.3 Å². The Morgan fingerprint density at radius 2 is 1.84 bits per heavy atom. The van der Waals surface area contributed by atoms with E-state index in [2.05, 4.69) is 11.8 Å². The second-order valence-electron chi connectivity index (χ2n) is 6.68. The standard InChI is InChI=1S/C15H26N2O.ClH/c1-10(11-5-6-11)17(14-7-8-14)15(18)12-3-2-4-13(16)9-12;/h10-14H,2-9,16H2,1H3;1H. The van der Waals surface area contributed by atoms with Crippen molar-refractivity contribution in [2.45, 2.75) is 76.4 Å². The molecular weight excluding hydrogens is 260 g/mol. The third-order valence-corrected chi connectivity index (χ3v) is 5.00. The van der Waals surface area contributed by atoms with Gasteiger partial charge in [0.2, 0.25) is 5.91 Å². The maximum absolute atomic E-state index is 12.8. The molecule has 4 heteroatoms. The van der Waals surface area contributed by atoms with Crippen molar-refractivity contribution in [2.24, 2.45) is 17.6 Å². The Morgan fingerprint density at radius 3 is 2.37 bits per heavy atom. The van der Waals surface area contributed by atoms with Crippen molar-refractivity contribution in [3.05, 3.63) is 0 Å². The minimum absolute atomic E-state index is 0. The first kappa shape index (κ1) is 15.1. The lowest BCUT2D eigenvalue weighted by Gasteiger charge is -2.35. The van der Waals surface area contributed by atoms with Gasteiger partial charge in [-0.25, -0.2) is 0 Å². The molecule has 0 aliphatic heterocycles. The van der Waals surface area contributed by atoms with Crippen LogP contribution in [0.25, 0.3) is 0 Å². The Kier molecular flexibility index (Phi) is 4.78. The molecule has 0 spiro atoms. The van der Waals surface area contributed by atoms with Crippen molar-refractivity contribution in [1.29, 1.82) is 0 Å². The van der Waals surface area contributed by atoms with Gasteiger partial charge in [0, 0.05) is 24.0 Å². The summed E-state index contributed by atoms with van der Waals surface area (Å²) in [4.78, 5) is 15.0. The molecule has 3 rings (SSSR count). The van der Waals surface area contributed by atoms with E-state index in [-0.39, 0.29) is 24.4 Å². The van der Waals surface area contributed by atoms with Gasteiger partial charge in [-0.1, -0.05) is 6.42 Å². The van der Waals surface area contributed by atoms with Crippen LogP contribution < -0.4 is 5.73 Å². The van der Waals surface area contributed by atoms with Gasteiger partial charge in [-0.2, -0.15) is 0 Å². The first-order chi connectivity index (χ1) is 8.66. The molecule has 19 heavy (non-hydrogen) atoms. The maximum Gasteiger partial charge on any atom is 0.226 e. The first-order valence-corrected chi connectivity index (χ1v) is 7.74. The van der Waals surface area contributed by atoms with Crippen LogP contribution in [0.15, 0.2) is 0 Å². The lowest BCUT2D eigenvalue weighted by molar-refractivity contribution is -0.140. The van der Waals surface area contributed by atoms with Crippen molar-refractivity contribution in [3.8, 4) is 0 Å². The average Bonchev–Trinajstić information content (AvgIpc) is 3.21. The van der Waals surface area contributed by atoms with Crippen LogP contribution in [0.4, 0.5) is 0 Å². The topological polar surface area (TPSA) is 46.3 Å². The van der Waals surface area contributed by atoms with E-state index in [0.717, 1.165) is 31.6 Å². The number of nitrogens with two attached hydrogens (primary N) is 1. The molecule has 0 saturated heterocycles. The first-order valence-electron chi connectivity index (χ1n) is 7.74. The zero-order valence-electron chi connectivity index (χ0n) is 11.9. The Hall–Kier alpha value is -0.280. The summed E-state index contributed by atoms with van der Waals surface area (Å²) in [5, 5.41) is 0. The van der Waals surface area contributed by atoms with Gasteiger partial charge in [-0.05, 0) is 57.8 Å². The van der Waals surface area contributed by atoms with Crippen molar-refractivity contribution in [1.82, 2.24) is 4.90 Å². The second kappa shape index (κ2) is 6.01. The molecule has 3 aliphatic rings. The molecule has 0 aromatic rings. The van der Waals surface area contributed by atoms with Gasteiger partial charge in [-0.3, -0.25) is 4.79 Å². The maximum atomic E-state index is 12.8. The van der Waals surface area contributed by atoms with E-state index in [1.54, 1.807) is 0 Å². The van der Waals surface area contributed by atoms with Crippen LogP contribution in [0.3, 0.4) is 0 Å². The number of nitrogens with zero attached hydrogens (tertiary/aromatic N) is 1. The number of rotatable bonds is 4. The number of amides is 1. The van der Waals surface area contributed by atoms with Crippen LogP contribution in [0.5, 0.6) is 0 Å². The van der Waals surface area contributed by atoms with Crippen LogP contribution in [-0.4, -0.2) is 28.9 Å². The van der Waals surface area contributed by atoms with E-state index in [1.807, 2.05) is 0 Å². The molecule has 0 radical (unpaired) electrons. The SMILES string of the molecule is CC(C1CC1)N(C(=O)C1CCCC(N)C1)C1CC1.Cl. The fourth-order valence-corrected chi connectivity index (χ4v) is 3.53. The summed E-state index contributed by atoms with van der Waals surface area (Å²) in [6, 6.07) is 1.29. The molecule has 3 aliphatic carbocycles. The highest BCUT2D eigenvalue weighted by Crippen LogP contribution is 2.41.